The number of hydrogen-bond acceptors (Lipinski definition) is 6. The van der Waals surface area contributed by atoms with Crippen LogP contribution in [0, 0.1) is 0 Å². The molecule has 0 aliphatic rings. The number of nitrogens with zero attached hydrogens (tertiary/aromatic N) is 1. The highest BCUT2D eigenvalue weighted by Crippen LogP contribution is 2.23. The first kappa shape index (κ1) is 17.8. The fourth-order valence-electron chi connectivity index (χ4n) is 1.83. The molecular weight excluding hydrogens is 326 g/mol. The Balaban J connectivity index is 1.88. The largest absolute Gasteiger partial charge is 0.504 e. The summed E-state index contributed by atoms with van der Waals surface area (Å²) in [7, 11) is 0. The smallest absolute Gasteiger partial charge is 0.329 e. The maximum atomic E-state index is 11.8. The van der Waals surface area contributed by atoms with Crippen LogP contribution in [0.5, 0.6) is 17.2 Å². The van der Waals surface area contributed by atoms with Gasteiger partial charge in [-0.25, -0.2) is 5.43 Å². The Kier molecular flexibility index (Phi) is 5.94. The van der Waals surface area contributed by atoms with E-state index in [2.05, 4.69) is 15.8 Å². The second-order valence-electron chi connectivity index (χ2n) is 4.86. The van der Waals surface area contributed by atoms with Crippen molar-refractivity contribution in [2.75, 3.05) is 11.9 Å². The molecule has 0 heterocycles. The van der Waals surface area contributed by atoms with Gasteiger partial charge >= 0.3 is 11.8 Å². The first-order valence-electron chi connectivity index (χ1n) is 7.39. The number of carbonyl (C=O) groups is 2. The van der Waals surface area contributed by atoms with Gasteiger partial charge in [-0.15, -0.1) is 0 Å². The van der Waals surface area contributed by atoms with Gasteiger partial charge < -0.3 is 20.3 Å². The Morgan fingerprint density at radius 3 is 2.44 bits per heavy atom. The van der Waals surface area contributed by atoms with Crippen LogP contribution in [-0.4, -0.2) is 34.8 Å². The Hall–Kier alpha value is -3.55. The molecule has 4 N–H and O–H groups in total. The number of benzene rings is 2. The summed E-state index contributed by atoms with van der Waals surface area (Å²) in [6, 6.07) is 10.6. The van der Waals surface area contributed by atoms with Gasteiger partial charge in [0, 0.05) is 5.69 Å². The van der Waals surface area contributed by atoms with Gasteiger partial charge in [-0.05, 0) is 55.0 Å². The number of hydrogen-bond donors (Lipinski definition) is 4. The molecule has 2 aromatic carbocycles. The van der Waals surface area contributed by atoms with Gasteiger partial charge in [-0.2, -0.15) is 5.10 Å². The van der Waals surface area contributed by atoms with Crippen molar-refractivity contribution in [1.29, 1.82) is 0 Å². The van der Waals surface area contributed by atoms with Crippen molar-refractivity contribution in [3.63, 3.8) is 0 Å². The van der Waals surface area contributed by atoms with Gasteiger partial charge in [0.1, 0.15) is 5.75 Å². The van der Waals surface area contributed by atoms with E-state index in [1.54, 1.807) is 24.3 Å². The van der Waals surface area contributed by atoms with Crippen LogP contribution in [0.3, 0.4) is 0 Å². The molecule has 0 spiro atoms. The summed E-state index contributed by atoms with van der Waals surface area (Å²) < 4.78 is 5.28. The number of carbonyl (C=O) groups excluding carboxylic acids is 2. The maximum absolute atomic E-state index is 11.8. The molecule has 0 saturated heterocycles. The van der Waals surface area contributed by atoms with Crippen LogP contribution in [0.15, 0.2) is 47.6 Å². The monoisotopic (exact) mass is 343 g/mol. The van der Waals surface area contributed by atoms with E-state index in [9.17, 15) is 19.8 Å². The summed E-state index contributed by atoms with van der Waals surface area (Å²) in [5, 5.41) is 24.6. The molecule has 0 aromatic heterocycles. The molecule has 2 amide bonds. The van der Waals surface area contributed by atoms with Gasteiger partial charge in [0.2, 0.25) is 0 Å². The topological polar surface area (TPSA) is 120 Å². The number of rotatable bonds is 5. The number of anilines is 1. The lowest BCUT2D eigenvalue weighted by atomic mass is 10.2. The second kappa shape index (κ2) is 8.34. The van der Waals surface area contributed by atoms with Crippen molar-refractivity contribution in [2.45, 2.75) is 6.92 Å². The van der Waals surface area contributed by atoms with E-state index in [-0.39, 0.29) is 11.5 Å². The van der Waals surface area contributed by atoms with Crippen LogP contribution in [0.25, 0.3) is 0 Å². The van der Waals surface area contributed by atoms with Gasteiger partial charge in [0.15, 0.2) is 11.5 Å². The Morgan fingerprint density at radius 1 is 1.08 bits per heavy atom. The molecule has 0 atom stereocenters. The van der Waals surface area contributed by atoms with E-state index in [4.69, 9.17) is 4.74 Å². The van der Waals surface area contributed by atoms with E-state index < -0.39 is 11.8 Å². The zero-order valence-corrected chi connectivity index (χ0v) is 13.4. The maximum Gasteiger partial charge on any atom is 0.329 e. The summed E-state index contributed by atoms with van der Waals surface area (Å²) in [4.78, 5) is 23.4. The number of phenols is 2. The number of ether oxygens (including phenoxy) is 1. The zero-order chi connectivity index (χ0) is 18.2. The summed E-state index contributed by atoms with van der Waals surface area (Å²) in [6.07, 6.45) is 1.22. The van der Waals surface area contributed by atoms with E-state index >= 15 is 0 Å². The van der Waals surface area contributed by atoms with Crippen molar-refractivity contribution >= 4 is 23.7 Å². The molecule has 8 nitrogen and oxygen atoms in total. The Labute approximate surface area is 143 Å². The molecule has 130 valence electrons. The fraction of sp³-hybridized carbons (Fsp3) is 0.118. The van der Waals surface area contributed by atoms with Crippen LogP contribution < -0.4 is 15.5 Å². The summed E-state index contributed by atoms with van der Waals surface area (Å²) in [6.45, 7) is 2.39. The van der Waals surface area contributed by atoms with Crippen molar-refractivity contribution < 1.29 is 24.5 Å². The van der Waals surface area contributed by atoms with Crippen molar-refractivity contribution in [2.24, 2.45) is 5.10 Å². The third-order valence-electron chi connectivity index (χ3n) is 3.01. The average molecular weight is 343 g/mol. The predicted molar refractivity (Wildman–Crippen MR) is 91.7 cm³/mol. The van der Waals surface area contributed by atoms with Crippen LogP contribution in [0.4, 0.5) is 5.69 Å². The lowest BCUT2D eigenvalue weighted by Gasteiger charge is -2.06. The number of aromatic hydroxyl groups is 2. The van der Waals surface area contributed by atoms with Gasteiger partial charge in [-0.1, -0.05) is 0 Å². The van der Waals surface area contributed by atoms with Crippen LogP contribution in [-0.2, 0) is 9.59 Å². The molecule has 25 heavy (non-hydrogen) atoms. The van der Waals surface area contributed by atoms with Crippen LogP contribution in [0.2, 0.25) is 0 Å². The standard InChI is InChI=1S/C17H17N3O5/c1-2-25-13-6-4-12(5-7-13)19-16(23)17(24)20-18-10-11-3-8-14(21)15(22)9-11/h3-10,21-22H,2H2,1H3,(H,19,23)(H,20,24)/b18-10+. The van der Waals surface area contributed by atoms with Crippen molar-refractivity contribution in [1.82, 2.24) is 5.43 Å². The van der Waals surface area contributed by atoms with Crippen molar-refractivity contribution in [3.05, 3.63) is 48.0 Å². The first-order chi connectivity index (χ1) is 12.0. The third kappa shape index (κ3) is 5.24. The Bertz CT molecular complexity index is 787. The minimum atomic E-state index is -0.951. The first-order valence-corrected chi connectivity index (χ1v) is 7.39. The molecule has 0 saturated carbocycles. The lowest BCUT2D eigenvalue weighted by molar-refractivity contribution is -0.136. The highest BCUT2D eigenvalue weighted by molar-refractivity contribution is 6.39. The molecular formula is C17H17N3O5. The second-order valence-corrected chi connectivity index (χ2v) is 4.86. The fourth-order valence-corrected chi connectivity index (χ4v) is 1.83. The molecule has 8 heteroatoms. The highest BCUT2D eigenvalue weighted by atomic mass is 16.5. The van der Waals surface area contributed by atoms with Crippen LogP contribution in [0.1, 0.15) is 12.5 Å². The van der Waals surface area contributed by atoms with Crippen molar-refractivity contribution in [3.8, 4) is 17.2 Å². The summed E-state index contributed by atoms with van der Waals surface area (Å²) >= 11 is 0. The molecule has 0 unspecified atom stereocenters. The van der Waals surface area contributed by atoms with Crippen LogP contribution >= 0.6 is 0 Å². The molecule has 0 bridgehead atoms. The summed E-state index contributed by atoms with van der Waals surface area (Å²) in [5.74, 6) is -1.76. The molecule has 2 aromatic rings. The number of phenolic OH excluding ortho intramolecular Hbond substituents is 2. The van der Waals surface area contributed by atoms with Gasteiger partial charge in [0.25, 0.3) is 0 Å². The Morgan fingerprint density at radius 2 is 1.80 bits per heavy atom. The number of hydrazone groups is 1. The highest BCUT2D eigenvalue weighted by Gasteiger charge is 2.12. The minimum Gasteiger partial charge on any atom is -0.504 e. The minimum absolute atomic E-state index is 0.268. The van der Waals surface area contributed by atoms with Gasteiger partial charge in [-0.3, -0.25) is 9.59 Å². The number of amides is 2. The number of nitrogens with one attached hydrogen (secondary N) is 2. The average Bonchev–Trinajstić information content (AvgIpc) is 2.60. The summed E-state index contributed by atoms with van der Waals surface area (Å²) in [5.41, 5.74) is 2.94. The lowest BCUT2D eigenvalue weighted by Crippen LogP contribution is -2.32. The zero-order valence-electron chi connectivity index (χ0n) is 13.4. The molecule has 2 rings (SSSR count). The molecule has 0 aliphatic heterocycles. The quantitative estimate of drug-likeness (QED) is 0.284. The normalized spacial score (nSPS) is 10.4. The van der Waals surface area contributed by atoms with E-state index in [0.717, 1.165) is 0 Å². The van der Waals surface area contributed by atoms with E-state index in [1.165, 1.54) is 24.4 Å². The third-order valence-corrected chi connectivity index (χ3v) is 3.01. The van der Waals surface area contributed by atoms with Gasteiger partial charge in [0.05, 0.1) is 12.8 Å². The van der Waals surface area contributed by atoms with E-state index in [0.29, 0.717) is 23.6 Å². The molecule has 0 aliphatic carbocycles. The predicted octanol–water partition coefficient (Wildman–Crippen LogP) is 1.59. The SMILES string of the molecule is CCOc1ccc(NC(=O)C(=O)N/N=C/c2ccc(O)c(O)c2)cc1. The molecule has 0 fully saturated rings. The van der Waals surface area contributed by atoms with E-state index in [1.807, 2.05) is 6.92 Å². The molecule has 0 radical (unpaired) electrons.